The Bertz CT molecular complexity index is 652. The van der Waals surface area contributed by atoms with E-state index >= 15 is 0 Å². The number of halogens is 1. The van der Waals surface area contributed by atoms with E-state index in [1.54, 1.807) is 0 Å². The van der Waals surface area contributed by atoms with Gasteiger partial charge in [-0.3, -0.25) is 0 Å². The predicted molar refractivity (Wildman–Crippen MR) is 85.6 cm³/mol. The Balaban J connectivity index is 1.85. The number of ether oxygens (including phenoxy) is 2. The molecule has 3 heteroatoms. The zero-order valence-corrected chi connectivity index (χ0v) is 13.1. The van der Waals surface area contributed by atoms with Gasteiger partial charge in [-0.25, -0.2) is 0 Å². The van der Waals surface area contributed by atoms with Gasteiger partial charge in [0.05, 0.1) is 5.38 Å². The highest BCUT2D eigenvalue weighted by Gasteiger charge is 2.21. The van der Waals surface area contributed by atoms with Crippen molar-refractivity contribution < 1.29 is 9.47 Å². The second kappa shape index (κ2) is 5.98. The van der Waals surface area contributed by atoms with Crippen LogP contribution in [0.25, 0.3) is 0 Å². The molecular weight excluding hydrogens is 284 g/mol. The van der Waals surface area contributed by atoms with Crippen LogP contribution in [0.2, 0.25) is 0 Å². The lowest BCUT2D eigenvalue weighted by Crippen LogP contribution is -2.17. The van der Waals surface area contributed by atoms with Gasteiger partial charge in [-0.1, -0.05) is 30.3 Å². The summed E-state index contributed by atoms with van der Waals surface area (Å²) in [4.78, 5) is 0. The molecule has 0 radical (unpaired) electrons. The summed E-state index contributed by atoms with van der Waals surface area (Å²) in [5.74, 6) is 1.59. The molecule has 0 saturated heterocycles. The second-order valence-corrected chi connectivity index (χ2v) is 5.99. The molecule has 0 spiro atoms. The van der Waals surface area contributed by atoms with Crippen LogP contribution in [-0.4, -0.2) is 13.2 Å². The lowest BCUT2D eigenvalue weighted by molar-refractivity contribution is 0.170. The Morgan fingerprint density at radius 3 is 2.67 bits per heavy atom. The molecule has 1 unspecified atom stereocenters. The number of alkyl halides is 1. The Hall–Kier alpha value is -1.67. The fourth-order valence-corrected chi connectivity index (χ4v) is 2.94. The van der Waals surface area contributed by atoms with E-state index in [9.17, 15) is 0 Å². The van der Waals surface area contributed by atoms with Gasteiger partial charge in [0.1, 0.15) is 13.2 Å². The Morgan fingerprint density at radius 1 is 1.05 bits per heavy atom. The summed E-state index contributed by atoms with van der Waals surface area (Å²) in [6, 6.07) is 12.4. The van der Waals surface area contributed by atoms with Crippen molar-refractivity contribution in [2.45, 2.75) is 25.6 Å². The van der Waals surface area contributed by atoms with E-state index in [0.717, 1.165) is 23.5 Å². The molecule has 0 fully saturated rings. The average Bonchev–Trinajstić information content (AvgIpc) is 2.50. The zero-order chi connectivity index (χ0) is 14.8. The fourth-order valence-electron chi connectivity index (χ4n) is 2.59. The minimum atomic E-state index is -0.122. The standard InChI is InChI=1S/C18H19ClO2/c1-12-6-7-14(10-13(12)2)11-16(19)15-4-3-5-17-18(15)21-9-8-20-17/h3-7,10,16H,8-9,11H2,1-2H3. The Kier molecular flexibility index (Phi) is 4.07. The number of hydrogen-bond donors (Lipinski definition) is 0. The van der Waals surface area contributed by atoms with Crippen LogP contribution in [0.5, 0.6) is 11.5 Å². The highest BCUT2D eigenvalue weighted by atomic mass is 35.5. The van der Waals surface area contributed by atoms with Crippen LogP contribution in [0, 0.1) is 13.8 Å². The average molecular weight is 303 g/mol. The van der Waals surface area contributed by atoms with Gasteiger partial charge in [0.2, 0.25) is 0 Å². The lowest BCUT2D eigenvalue weighted by atomic mass is 9.99. The maximum Gasteiger partial charge on any atom is 0.166 e. The number of benzene rings is 2. The summed E-state index contributed by atoms with van der Waals surface area (Å²) in [5.41, 5.74) is 4.85. The number of para-hydroxylation sites is 1. The Labute approximate surface area is 130 Å². The van der Waals surface area contributed by atoms with Crippen LogP contribution in [0.15, 0.2) is 36.4 Å². The molecule has 1 heterocycles. The van der Waals surface area contributed by atoms with Crippen molar-refractivity contribution in [1.29, 1.82) is 0 Å². The van der Waals surface area contributed by atoms with Crippen LogP contribution < -0.4 is 9.47 Å². The first kappa shape index (κ1) is 14.3. The van der Waals surface area contributed by atoms with Gasteiger partial charge in [0.15, 0.2) is 11.5 Å². The molecule has 2 nitrogen and oxygen atoms in total. The number of fused-ring (bicyclic) bond motifs is 1. The van der Waals surface area contributed by atoms with E-state index in [1.165, 1.54) is 16.7 Å². The molecule has 0 bridgehead atoms. The maximum atomic E-state index is 6.63. The normalized spacial score (nSPS) is 14.8. The molecule has 2 aromatic rings. The van der Waals surface area contributed by atoms with Crippen LogP contribution >= 0.6 is 11.6 Å². The van der Waals surface area contributed by atoms with E-state index in [2.05, 4.69) is 32.0 Å². The molecule has 0 saturated carbocycles. The molecule has 0 amide bonds. The topological polar surface area (TPSA) is 18.5 Å². The Morgan fingerprint density at radius 2 is 1.86 bits per heavy atom. The van der Waals surface area contributed by atoms with E-state index in [1.807, 2.05) is 18.2 Å². The van der Waals surface area contributed by atoms with Crippen molar-refractivity contribution in [3.63, 3.8) is 0 Å². The van der Waals surface area contributed by atoms with Crippen LogP contribution in [-0.2, 0) is 6.42 Å². The molecule has 0 aliphatic carbocycles. The monoisotopic (exact) mass is 302 g/mol. The van der Waals surface area contributed by atoms with Gasteiger partial charge in [-0.05, 0) is 43.0 Å². The van der Waals surface area contributed by atoms with Gasteiger partial charge in [-0.15, -0.1) is 11.6 Å². The third-order valence-electron chi connectivity index (χ3n) is 3.92. The first-order chi connectivity index (χ1) is 10.1. The highest BCUT2D eigenvalue weighted by molar-refractivity contribution is 6.21. The van der Waals surface area contributed by atoms with E-state index in [-0.39, 0.29) is 5.38 Å². The summed E-state index contributed by atoms with van der Waals surface area (Å²) in [5, 5.41) is -0.122. The number of aryl methyl sites for hydroxylation is 2. The van der Waals surface area contributed by atoms with Gasteiger partial charge >= 0.3 is 0 Å². The molecule has 1 aliphatic rings. The minimum absolute atomic E-state index is 0.122. The summed E-state index contributed by atoms with van der Waals surface area (Å²) in [7, 11) is 0. The van der Waals surface area contributed by atoms with E-state index < -0.39 is 0 Å². The summed E-state index contributed by atoms with van der Waals surface area (Å²) in [6.45, 7) is 5.43. The minimum Gasteiger partial charge on any atom is -0.486 e. The van der Waals surface area contributed by atoms with Crippen LogP contribution in [0.1, 0.15) is 27.6 Å². The molecule has 0 N–H and O–H groups in total. The molecule has 0 aromatic heterocycles. The van der Waals surface area contributed by atoms with E-state index in [0.29, 0.717) is 13.2 Å². The molecule has 1 aliphatic heterocycles. The number of hydrogen-bond acceptors (Lipinski definition) is 2. The first-order valence-corrected chi connectivity index (χ1v) is 7.67. The summed E-state index contributed by atoms with van der Waals surface area (Å²) >= 11 is 6.63. The van der Waals surface area contributed by atoms with Gasteiger partial charge in [-0.2, -0.15) is 0 Å². The van der Waals surface area contributed by atoms with Gasteiger partial charge in [0, 0.05) is 5.56 Å². The zero-order valence-electron chi connectivity index (χ0n) is 12.4. The third-order valence-corrected chi connectivity index (χ3v) is 4.31. The smallest absolute Gasteiger partial charge is 0.166 e. The van der Waals surface area contributed by atoms with Crippen LogP contribution in [0.4, 0.5) is 0 Å². The van der Waals surface area contributed by atoms with Crippen LogP contribution in [0.3, 0.4) is 0 Å². The molecule has 2 aromatic carbocycles. The van der Waals surface area contributed by atoms with Crippen molar-refractivity contribution in [1.82, 2.24) is 0 Å². The van der Waals surface area contributed by atoms with Crippen molar-refractivity contribution in [2.24, 2.45) is 0 Å². The van der Waals surface area contributed by atoms with Gasteiger partial charge in [0.25, 0.3) is 0 Å². The SMILES string of the molecule is Cc1ccc(CC(Cl)c2cccc3c2OCCO3)cc1C. The molecule has 110 valence electrons. The van der Waals surface area contributed by atoms with Gasteiger partial charge < -0.3 is 9.47 Å². The van der Waals surface area contributed by atoms with Crippen molar-refractivity contribution in [2.75, 3.05) is 13.2 Å². The second-order valence-electron chi connectivity index (χ2n) is 5.46. The number of rotatable bonds is 3. The molecule has 21 heavy (non-hydrogen) atoms. The third kappa shape index (κ3) is 3.01. The van der Waals surface area contributed by atoms with Crippen molar-refractivity contribution in [3.05, 3.63) is 58.7 Å². The summed E-state index contributed by atoms with van der Waals surface area (Å²) < 4.78 is 11.4. The maximum absolute atomic E-state index is 6.63. The quantitative estimate of drug-likeness (QED) is 0.772. The fraction of sp³-hybridized carbons (Fsp3) is 0.333. The molecule has 3 rings (SSSR count). The highest BCUT2D eigenvalue weighted by Crippen LogP contribution is 2.40. The predicted octanol–water partition coefficient (Wildman–Crippen LogP) is 4.60. The first-order valence-electron chi connectivity index (χ1n) is 7.24. The summed E-state index contributed by atoms with van der Waals surface area (Å²) in [6.07, 6.45) is 0.780. The van der Waals surface area contributed by atoms with Crippen molar-refractivity contribution in [3.8, 4) is 11.5 Å². The molecule has 1 atom stereocenters. The van der Waals surface area contributed by atoms with Crippen molar-refractivity contribution >= 4 is 11.6 Å². The lowest BCUT2D eigenvalue weighted by Gasteiger charge is -2.23. The van der Waals surface area contributed by atoms with E-state index in [4.69, 9.17) is 21.1 Å². The molecular formula is C18H19ClO2. The largest absolute Gasteiger partial charge is 0.486 e.